The Bertz CT molecular complexity index is 335. The van der Waals surface area contributed by atoms with Gasteiger partial charge in [-0.3, -0.25) is 4.90 Å². The Balaban J connectivity index is 1.86. The molecule has 0 amide bonds. The molecule has 1 aromatic rings. The molecule has 0 N–H and O–H groups in total. The summed E-state index contributed by atoms with van der Waals surface area (Å²) in [5, 5.41) is 2.11. The molecule has 1 aliphatic heterocycles. The molecule has 16 heavy (non-hydrogen) atoms. The van der Waals surface area contributed by atoms with E-state index in [1.807, 2.05) is 0 Å². The van der Waals surface area contributed by atoms with Crippen molar-refractivity contribution in [3.63, 3.8) is 0 Å². The van der Waals surface area contributed by atoms with Crippen molar-refractivity contribution in [2.24, 2.45) is 0 Å². The van der Waals surface area contributed by atoms with Crippen LogP contribution in [0.1, 0.15) is 17.7 Å². The van der Waals surface area contributed by atoms with Gasteiger partial charge in [0.05, 0.1) is 12.6 Å². The van der Waals surface area contributed by atoms with Gasteiger partial charge in [-0.2, -0.15) is 0 Å². The van der Waals surface area contributed by atoms with Gasteiger partial charge in [-0.1, -0.05) is 12.0 Å². The highest BCUT2D eigenvalue weighted by Gasteiger charge is 2.18. The van der Waals surface area contributed by atoms with Crippen molar-refractivity contribution in [2.75, 3.05) is 19.7 Å². The maximum atomic E-state index is 5.64. The van der Waals surface area contributed by atoms with Crippen LogP contribution in [0.5, 0.6) is 0 Å². The number of hydrogen-bond donors (Lipinski definition) is 0. The maximum Gasteiger partial charge on any atom is 0.0703 e. The molecule has 2 heterocycles. The molecule has 2 nitrogen and oxygen atoms in total. The summed E-state index contributed by atoms with van der Waals surface area (Å²) in [5.41, 5.74) is 0. The molecule has 0 saturated carbocycles. The Labute approximate surface area is 101 Å². The van der Waals surface area contributed by atoms with Crippen LogP contribution in [0.3, 0.4) is 0 Å². The molecular weight excluding hydrogens is 218 g/mol. The standard InChI is InChI=1S/C13H17NOS/c1-2-7-14(10-12-5-3-8-15-12)11-13-6-4-9-16-13/h1,4,6,9,12H,3,5,7-8,10-11H2. The second kappa shape index (κ2) is 6.05. The van der Waals surface area contributed by atoms with Gasteiger partial charge in [0.1, 0.15) is 0 Å². The number of terminal acetylenes is 1. The average Bonchev–Trinajstić information content (AvgIpc) is 2.91. The highest BCUT2D eigenvalue weighted by Crippen LogP contribution is 2.16. The van der Waals surface area contributed by atoms with Crippen molar-refractivity contribution in [2.45, 2.75) is 25.5 Å². The van der Waals surface area contributed by atoms with E-state index in [4.69, 9.17) is 11.2 Å². The zero-order valence-electron chi connectivity index (χ0n) is 9.39. The van der Waals surface area contributed by atoms with E-state index in [0.717, 1.165) is 19.7 Å². The van der Waals surface area contributed by atoms with Crippen LogP contribution in [-0.4, -0.2) is 30.7 Å². The third kappa shape index (κ3) is 3.34. The lowest BCUT2D eigenvalue weighted by atomic mass is 10.2. The van der Waals surface area contributed by atoms with Gasteiger partial charge in [-0.25, -0.2) is 0 Å². The van der Waals surface area contributed by atoms with Gasteiger partial charge in [0.15, 0.2) is 0 Å². The summed E-state index contributed by atoms with van der Waals surface area (Å²) in [4.78, 5) is 3.66. The van der Waals surface area contributed by atoms with Crippen LogP contribution in [0.25, 0.3) is 0 Å². The number of nitrogens with zero attached hydrogens (tertiary/aromatic N) is 1. The van der Waals surface area contributed by atoms with E-state index < -0.39 is 0 Å². The van der Waals surface area contributed by atoms with Gasteiger partial charge in [0, 0.05) is 24.6 Å². The number of thiophene rings is 1. The van der Waals surface area contributed by atoms with Crippen LogP contribution in [0.2, 0.25) is 0 Å². The Kier molecular flexibility index (Phi) is 4.41. The lowest BCUT2D eigenvalue weighted by Gasteiger charge is -2.22. The van der Waals surface area contributed by atoms with Gasteiger partial charge in [-0.15, -0.1) is 17.8 Å². The summed E-state index contributed by atoms with van der Waals surface area (Å²) in [6.45, 7) is 3.52. The molecule has 1 aromatic heterocycles. The first kappa shape index (κ1) is 11.7. The molecule has 1 aliphatic rings. The largest absolute Gasteiger partial charge is 0.377 e. The zero-order valence-corrected chi connectivity index (χ0v) is 10.2. The van der Waals surface area contributed by atoms with Gasteiger partial charge >= 0.3 is 0 Å². The average molecular weight is 235 g/mol. The third-order valence-electron chi connectivity index (χ3n) is 2.76. The van der Waals surface area contributed by atoms with Crippen molar-refractivity contribution < 1.29 is 4.74 Å². The summed E-state index contributed by atoms with van der Waals surface area (Å²) in [6, 6.07) is 4.24. The van der Waals surface area contributed by atoms with Gasteiger partial charge in [0.2, 0.25) is 0 Å². The summed E-state index contributed by atoms with van der Waals surface area (Å²) in [7, 11) is 0. The lowest BCUT2D eigenvalue weighted by molar-refractivity contribution is 0.0756. The van der Waals surface area contributed by atoms with Gasteiger partial charge < -0.3 is 4.74 Å². The van der Waals surface area contributed by atoms with Crippen LogP contribution in [-0.2, 0) is 11.3 Å². The molecule has 0 radical (unpaired) electrons. The van der Waals surface area contributed by atoms with Crippen LogP contribution in [0.4, 0.5) is 0 Å². The summed E-state index contributed by atoms with van der Waals surface area (Å²) in [6.07, 6.45) is 8.15. The van der Waals surface area contributed by atoms with E-state index in [1.54, 1.807) is 11.3 Å². The molecule has 86 valence electrons. The fraction of sp³-hybridized carbons (Fsp3) is 0.538. The number of hydrogen-bond acceptors (Lipinski definition) is 3. The zero-order chi connectivity index (χ0) is 11.2. The molecule has 1 fully saturated rings. The first-order valence-corrected chi connectivity index (χ1v) is 6.56. The van der Waals surface area contributed by atoms with Crippen molar-refractivity contribution in [1.82, 2.24) is 4.90 Å². The predicted octanol–water partition coefficient (Wildman–Crippen LogP) is 2.36. The van der Waals surface area contributed by atoms with Crippen molar-refractivity contribution in [3.8, 4) is 12.3 Å². The summed E-state index contributed by atoms with van der Waals surface area (Å²) in [5.74, 6) is 2.73. The van der Waals surface area contributed by atoms with E-state index in [0.29, 0.717) is 12.6 Å². The molecule has 1 unspecified atom stereocenters. The number of rotatable bonds is 5. The van der Waals surface area contributed by atoms with E-state index in [1.165, 1.54) is 17.7 Å². The number of ether oxygens (including phenoxy) is 1. The van der Waals surface area contributed by atoms with Crippen molar-refractivity contribution in [3.05, 3.63) is 22.4 Å². The van der Waals surface area contributed by atoms with E-state index in [9.17, 15) is 0 Å². The SMILES string of the molecule is C#CCN(Cc1cccs1)CC1CCCO1. The normalized spacial score (nSPS) is 20.1. The van der Waals surface area contributed by atoms with Gasteiger partial charge in [-0.05, 0) is 24.3 Å². The van der Waals surface area contributed by atoms with Crippen LogP contribution < -0.4 is 0 Å². The maximum absolute atomic E-state index is 5.64. The molecule has 0 bridgehead atoms. The highest BCUT2D eigenvalue weighted by molar-refractivity contribution is 7.09. The minimum Gasteiger partial charge on any atom is -0.377 e. The Morgan fingerprint density at radius 2 is 2.56 bits per heavy atom. The van der Waals surface area contributed by atoms with E-state index in [-0.39, 0.29) is 0 Å². The molecule has 1 atom stereocenters. The second-order valence-electron chi connectivity index (χ2n) is 4.09. The van der Waals surface area contributed by atoms with Crippen LogP contribution in [0.15, 0.2) is 17.5 Å². The highest BCUT2D eigenvalue weighted by atomic mass is 32.1. The first-order chi connectivity index (χ1) is 7.88. The predicted molar refractivity (Wildman–Crippen MR) is 67.4 cm³/mol. The van der Waals surface area contributed by atoms with Crippen LogP contribution >= 0.6 is 11.3 Å². The topological polar surface area (TPSA) is 12.5 Å². The quantitative estimate of drug-likeness (QED) is 0.726. The van der Waals surface area contributed by atoms with Crippen molar-refractivity contribution in [1.29, 1.82) is 0 Å². The fourth-order valence-electron chi connectivity index (χ4n) is 2.01. The summed E-state index contributed by atoms with van der Waals surface area (Å²) >= 11 is 1.78. The molecular formula is C13H17NOS. The summed E-state index contributed by atoms with van der Waals surface area (Å²) < 4.78 is 5.64. The minimum absolute atomic E-state index is 0.383. The molecule has 3 heteroatoms. The third-order valence-corrected chi connectivity index (χ3v) is 3.62. The Morgan fingerprint density at radius 3 is 3.19 bits per heavy atom. The molecule has 1 saturated heterocycles. The van der Waals surface area contributed by atoms with Crippen LogP contribution in [0, 0.1) is 12.3 Å². The molecule has 0 spiro atoms. The monoisotopic (exact) mass is 235 g/mol. The fourth-order valence-corrected chi connectivity index (χ4v) is 2.76. The molecule has 0 aromatic carbocycles. The van der Waals surface area contributed by atoms with E-state index >= 15 is 0 Å². The van der Waals surface area contributed by atoms with Gasteiger partial charge in [0.25, 0.3) is 0 Å². The Morgan fingerprint density at radius 1 is 1.62 bits per heavy atom. The minimum atomic E-state index is 0.383. The Hall–Kier alpha value is -0.820. The van der Waals surface area contributed by atoms with Crippen molar-refractivity contribution >= 4 is 11.3 Å². The second-order valence-corrected chi connectivity index (χ2v) is 5.12. The molecule has 0 aliphatic carbocycles. The molecule has 2 rings (SSSR count). The van der Waals surface area contributed by atoms with E-state index in [2.05, 4.69) is 28.3 Å². The smallest absolute Gasteiger partial charge is 0.0703 e. The lowest BCUT2D eigenvalue weighted by Crippen LogP contribution is -2.31. The first-order valence-electron chi connectivity index (χ1n) is 5.68.